The van der Waals surface area contributed by atoms with E-state index in [1.165, 1.54) is 0 Å². The van der Waals surface area contributed by atoms with Crippen LogP contribution < -0.4 is 5.73 Å². The van der Waals surface area contributed by atoms with Crippen molar-refractivity contribution in [1.82, 2.24) is 0 Å². The normalized spacial score (nSPS) is 8.55. The molecule has 0 heterocycles. The van der Waals surface area contributed by atoms with Crippen molar-refractivity contribution in [2.75, 3.05) is 5.73 Å². The number of nitrogen functional groups attached to an aromatic ring is 1. The molecule has 0 aliphatic rings. The van der Waals surface area contributed by atoms with E-state index in [0.717, 1.165) is 0 Å². The summed E-state index contributed by atoms with van der Waals surface area (Å²) in [5, 5.41) is 3.02. The van der Waals surface area contributed by atoms with Crippen molar-refractivity contribution in [2.24, 2.45) is 4.99 Å². The van der Waals surface area contributed by atoms with Crippen LogP contribution in [0.4, 0.5) is 22.7 Å². The highest BCUT2D eigenvalue weighted by Crippen LogP contribution is 2.28. The Morgan fingerprint density at radius 1 is 1.00 bits per heavy atom. The van der Waals surface area contributed by atoms with Gasteiger partial charge in [-0.3, -0.25) is 0 Å². The number of rotatable bonds is 1. The molecule has 0 radical (unpaired) electrons. The van der Waals surface area contributed by atoms with Crippen LogP contribution in [0.25, 0.3) is 9.69 Å². The molecular formula is C15H8Cl2N4S. The van der Waals surface area contributed by atoms with Crippen molar-refractivity contribution in [1.29, 1.82) is 0 Å². The van der Waals surface area contributed by atoms with Gasteiger partial charge < -0.3 is 5.73 Å². The van der Waals surface area contributed by atoms with E-state index in [2.05, 4.69) is 32.1 Å². The molecule has 0 saturated heterocycles. The van der Waals surface area contributed by atoms with Crippen molar-refractivity contribution < 1.29 is 0 Å². The van der Waals surface area contributed by atoms with Crippen LogP contribution in [0.5, 0.6) is 0 Å². The summed E-state index contributed by atoms with van der Waals surface area (Å²) in [5.41, 5.74) is 7.45. The van der Waals surface area contributed by atoms with Crippen LogP contribution in [-0.4, -0.2) is 5.16 Å². The Morgan fingerprint density at radius 3 is 2.00 bits per heavy atom. The maximum atomic E-state index is 6.73. The fourth-order valence-corrected chi connectivity index (χ4v) is 1.88. The number of anilines is 1. The lowest BCUT2D eigenvalue weighted by molar-refractivity contribution is 1.56. The summed E-state index contributed by atoms with van der Waals surface area (Å²) < 4.78 is 0. The Bertz CT molecular complexity index is 815. The molecule has 0 amide bonds. The third-order valence-electron chi connectivity index (χ3n) is 2.32. The molecule has 0 bridgehead atoms. The van der Waals surface area contributed by atoms with E-state index in [0.29, 0.717) is 32.8 Å². The molecule has 2 aromatic carbocycles. The molecule has 0 atom stereocenters. The summed E-state index contributed by atoms with van der Waals surface area (Å²) in [6, 6.07) is 9.66. The fraction of sp³-hybridized carbons (Fsp3) is 0. The van der Waals surface area contributed by atoms with Crippen molar-refractivity contribution in [2.45, 2.75) is 0 Å². The molecule has 0 saturated carbocycles. The smallest absolute Gasteiger partial charge is 0.205 e. The fourth-order valence-electron chi connectivity index (χ4n) is 1.32. The molecule has 0 aromatic heterocycles. The number of nitrogens with two attached hydrogens (primary N) is 1. The van der Waals surface area contributed by atoms with Crippen molar-refractivity contribution in [3.63, 3.8) is 0 Å². The number of nitrogens with zero attached hydrogens (tertiary/aromatic N) is 3. The monoisotopic (exact) mass is 346 g/mol. The second kappa shape index (κ2) is 8.79. The zero-order valence-electron chi connectivity index (χ0n) is 11.0. The van der Waals surface area contributed by atoms with E-state index in [1.807, 2.05) is 0 Å². The first kappa shape index (κ1) is 17.7. The highest BCUT2D eigenvalue weighted by Gasteiger charge is 1.99. The second-order valence-corrected chi connectivity index (χ2v) is 4.77. The lowest BCUT2D eigenvalue weighted by Gasteiger charge is -1.94. The lowest BCUT2D eigenvalue weighted by atomic mass is 10.3. The van der Waals surface area contributed by atoms with Gasteiger partial charge in [-0.05, 0) is 36.5 Å². The number of aliphatic imine (C=N–C) groups is 1. The lowest BCUT2D eigenvalue weighted by Crippen LogP contribution is -1.81. The SMILES string of the molecule is [C-]#[N+]c1ccc(N)cc1Cl.[C-]#[N+]c1ccc(N=C=S)cc1Cl. The minimum atomic E-state index is 0.386. The molecule has 0 fully saturated rings. The Balaban J connectivity index is 0.000000224. The maximum Gasteiger partial charge on any atom is 0.205 e. The first-order valence-electron chi connectivity index (χ1n) is 5.69. The minimum absolute atomic E-state index is 0.386. The predicted molar refractivity (Wildman–Crippen MR) is 94.5 cm³/mol. The third kappa shape index (κ3) is 5.18. The topological polar surface area (TPSA) is 47.1 Å². The maximum absolute atomic E-state index is 6.73. The molecule has 4 nitrogen and oxygen atoms in total. The van der Waals surface area contributed by atoms with Crippen LogP contribution in [0.2, 0.25) is 10.0 Å². The van der Waals surface area contributed by atoms with Gasteiger partial charge in [0.1, 0.15) is 0 Å². The van der Waals surface area contributed by atoms with E-state index >= 15 is 0 Å². The van der Waals surface area contributed by atoms with Crippen LogP contribution in [0.3, 0.4) is 0 Å². The van der Waals surface area contributed by atoms with Gasteiger partial charge in [0.2, 0.25) is 11.4 Å². The quantitative estimate of drug-likeness (QED) is 0.293. The number of thiocarbonyl (C=S) groups is 1. The van der Waals surface area contributed by atoms with E-state index in [9.17, 15) is 0 Å². The first-order valence-corrected chi connectivity index (χ1v) is 6.85. The number of hydrogen-bond acceptors (Lipinski definition) is 3. The van der Waals surface area contributed by atoms with Crippen LogP contribution in [0.15, 0.2) is 41.4 Å². The molecule has 0 spiro atoms. The molecule has 2 aromatic rings. The zero-order valence-corrected chi connectivity index (χ0v) is 13.4. The molecular weight excluding hydrogens is 339 g/mol. The Morgan fingerprint density at radius 2 is 1.55 bits per heavy atom. The molecule has 0 unspecified atom stereocenters. The van der Waals surface area contributed by atoms with E-state index < -0.39 is 0 Å². The van der Waals surface area contributed by atoms with E-state index in [1.54, 1.807) is 36.4 Å². The summed E-state index contributed by atoms with van der Waals surface area (Å²) in [7, 11) is 0. The summed E-state index contributed by atoms with van der Waals surface area (Å²) in [6.07, 6.45) is 0. The third-order valence-corrected chi connectivity index (χ3v) is 3.02. The van der Waals surface area contributed by atoms with Crippen molar-refractivity contribution in [3.8, 4) is 0 Å². The van der Waals surface area contributed by atoms with Crippen LogP contribution >= 0.6 is 35.4 Å². The number of benzene rings is 2. The van der Waals surface area contributed by atoms with E-state index in [-0.39, 0.29) is 0 Å². The molecule has 2 rings (SSSR count). The van der Waals surface area contributed by atoms with Gasteiger partial charge in [0.05, 0.1) is 24.0 Å². The molecule has 2 N–H and O–H groups in total. The summed E-state index contributed by atoms with van der Waals surface area (Å²) in [5.74, 6) is 0. The zero-order chi connectivity index (χ0) is 16.5. The second-order valence-electron chi connectivity index (χ2n) is 3.77. The van der Waals surface area contributed by atoms with Gasteiger partial charge in [0.15, 0.2) is 0 Å². The van der Waals surface area contributed by atoms with Crippen LogP contribution in [0.1, 0.15) is 0 Å². The van der Waals surface area contributed by atoms with E-state index in [4.69, 9.17) is 42.1 Å². The summed E-state index contributed by atoms with van der Waals surface area (Å²) in [4.78, 5) is 10.1. The Hall–Kier alpha value is -2.40. The van der Waals surface area contributed by atoms with Crippen molar-refractivity contribution >= 4 is 63.3 Å². The Labute approximate surface area is 143 Å². The highest BCUT2D eigenvalue weighted by molar-refractivity contribution is 7.78. The van der Waals surface area contributed by atoms with Gasteiger partial charge in [-0.1, -0.05) is 35.3 Å². The largest absolute Gasteiger partial charge is 0.399 e. The average molecular weight is 347 g/mol. The van der Waals surface area contributed by atoms with Gasteiger partial charge in [-0.25, -0.2) is 9.69 Å². The standard InChI is InChI=1S/C8H3ClN2S.C7H5ClN2/c1-10-8-3-2-6(11-5-12)4-7(8)9;1-10-7-3-2-5(9)4-6(7)8/h2-4H;2-4H,9H2. The first-order chi connectivity index (χ1) is 10.5. The van der Waals surface area contributed by atoms with Gasteiger partial charge in [-0.15, -0.1) is 0 Å². The van der Waals surface area contributed by atoms with Gasteiger partial charge >= 0.3 is 0 Å². The van der Waals surface area contributed by atoms with Crippen molar-refractivity contribution in [3.05, 3.63) is 69.3 Å². The van der Waals surface area contributed by atoms with Crippen LogP contribution in [-0.2, 0) is 0 Å². The minimum Gasteiger partial charge on any atom is -0.399 e. The molecule has 0 aliphatic heterocycles. The Kier molecular flexibility index (Phi) is 7.05. The van der Waals surface area contributed by atoms with Gasteiger partial charge in [0.25, 0.3) is 0 Å². The number of isothiocyanates is 1. The highest BCUT2D eigenvalue weighted by atomic mass is 35.5. The molecule has 0 aliphatic carbocycles. The van der Waals surface area contributed by atoms with Crippen LogP contribution in [0, 0.1) is 13.1 Å². The molecule has 22 heavy (non-hydrogen) atoms. The molecule has 7 heteroatoms. The number of hydrogen-bond donors (Lipinski definition) is 1. The van der Waals surface area contributed by atoms with Gasteiger partial charge in [-0.2, -0.15) is 4.99 Å². The summed E-state index contributed by atoms with van der Waals surface area (Å²) in [6.45, 7) is 13.4. The van der Waals surface area contributed by atoms with Gasteiger partial charge in [0, 0.05) is 15.7 Å². The average Bonchev–Trinajstić information content (AvgIpc) is 2.48. The predicted octanol–water partition coefficient (Wildman–Crippen LogP) is 6.10. The molecule has 108 valence electrons. The number of halogens is 2. The summed E-state index contributed by atoms with van der Waals surface area (Å²) >= 11 is 15.8.